The summed E-state index contributed by atoms with van der Waals surface area (Å²) >= 11 is 2.13. The van der Waals surface area contributed by atoms with Crippen molar-refractivity contribution in [2.45, 2.75) is 45.6 Å². The molecule has 0 aliphatic heterocycles. The molecule has 0 saturated carbocycles. The van der Waals surface area contributed by atoms with Gasteiger partial charge in [0.25, 0.3) is 0 Å². The second-order valence-corrected chi connectivity index (χ2v) is 4.16. The van der Waals surface area contributed by atoms with E-state index in [9.17, 15) is 0 Å². The Morgan fingerprint density at radius 2 is 2.08 bits per heavy atom. The van der Waals surface area contributed by atoms with Crippen molar-refractivity contribution in [1.82, 2.24) is 14.8 Å². The molecule has 74 valence electrons. The highest BCUT2D eigenvalue weighted by Gasteiger charge is 1.95. The van der Waals surface area contributed by atoms with Crippen molar-refractivity contribution in [2.24, 2.45) is 0 Å². The van der Waals surface area contributed by atoms with E-state index in [-0.39, 0.29) is 0 Å². The minimum atomic E-state index is 0.839. The number of nitrogens with zero attached hydrogens (tertiary/aromatic N) is 3. The maximum atomic E-state index is 4.22. The van der Waals surface area contributed by atoms with Crippen molar-refractivity contribution < 1.29 is 0 Å². The molecule has 0 aliphatic carbocycles. The van der Waals surface area contributed by atoms with Crippen molar-refractivity contribution in [3.8, 4) is 0 Å². The van der Waals surface area contributed by atoms with Gasteiger partial charge in [-0.05, 0) is 6.42 Å². The lowest BCUT2D eigenvalue weighted by Crippen LogP contribution is -1.98. The smallest absolute Gasteiger partial charge is 0.211 e. The summed E-state index contributed by atoms with van der Waals surface area (Å²) in [5.74, 6) is 0. The molecule has 0 amide bonds. The van der Waals surface area contributed by atoms with E-state index < -0.39 is 0 Å². The fourth-order valence-electron chi connectivity index (χ4n) is 1.26. The maximum Gasteiger partial charge on any atom is 0.211 e. The van der Waals surface area contributed by atoms with Crippen LogP contribution in [-0.2, 0) is 6.54 Å². The monoisotopic (exact) mass is 293 g/mol. The number of hydrogen-bond donors (Lipinski definition) is 0. The summed E-state index contributed by atoms with van der Waals surface area (Å²) in [6.07, 6.45) is 8.35. The van der Waals surface area contributed by atoms with E-state index >= 15 is 0 Å². The third kappa shape index (κ3) is 4.59. The molecule has 0 atom stereocenters. The summed E-state index contributed by atoms with van der Waals surface area (Å²) in [5.41, 5.74) is 0. The van der Waals surface area contributed by atoms with Gasteiger partial charge in [-0.15, -0.1) is 5.10 Å². The van der Waals surface area contributed by atoms with Crippen LogP contribution < -0.4 is 0 Å². The van der Waals surface area contributed by atoms with Gasteiger partial charge in [0.05, 0.1) is 0 Å². The number of aryl methyl sites for hydroxylation is 1. The Labute approximate surface area is 93.1 Å². The second kappa shape index (κ2) is 6.34. The van der Waals surface area contributed by atoms with E-state index in [4.69, 9.17) is 0 Å². The molecule has 0 bridgehead atoms. The summed E-state index contributed by atoms with van der Waals surface area (Å²) in [6.45, 7) is 3.25. The number of unbranched alkanes of at least 4 members (excludes halogenated alkanes) is 4. The van der Waals surface area contributed by atoms with Gasteiger partial charge in [0.2, 0.25) is 3.83 Å². The highest BCUT2D eigenvalue weighted by Crippen LogP contribution is 2.04. The Bertz CT molecular complexity index is 235. The predicted octanol–water partition coefficient (Wildman–Crippen LogP) is 2.85. The third-order valence-corrected chi connectivity index (χ3v) is 2.49. The van der Waals surface area contributed by atoms with E-state index in [1.54, 1.807) is 0 Å². The molecular formula is C9H16IN3. The highest BCUT2D eigenvalue weighted by atomic mass is 127. The molecule has 0 unspecified atom stereocenters. The van der Waals surface area contributed by atoms with Gasteiger partial charge < -0.3 is 0 Å². The molecule has 13 heavy (non-hydrogen) atoms. The first kappa shape index (κ1) is 10.9. The Balaban J connectivity index is 2.06. The summed E-state index contributed by atoms with van der Waals surface area (Å²) in [7, 11) is 0. The zero-order valence-electron chi connectivity index (χ0n) is 8.04. The summed E-state index contributed by atoms with van der Waals surface area (Å²) < 4.78 is 2.76. The average Bonchev–Trinajstić information content (AvgIpc) is 2.51. The topological polar surface area (TPSA) is 30.7 Å². The molecule has 0 radical (unpaired) electrons. The van der Waals surface area contributed by atoms with Crippen LogP contribution in [0.15, 0.2) is 6.33 Å². The molecule has 0 aliphatic rings. The molecule has 0 fully saturated rings. The van der Waals surface area contributed by atoms with Crippen LogP contribution in [-0.4, -0.2) is 14.8 Å². The van der Waals surface area contributed by atoms with E-state index in [0.29, 0.717) is 0 Å². The lowest BCUT2D eigenvalue weighted by Gasteiger charge is -1.99. The zero-order valence-corrected chi connectivity index (χ0v) is 10.2. The van der Waals surface area contributed by atoms with Crippen LogP contribution in [0.4, 0.5) is 0 Å². The van der Waals surface area contributed by atoms with Crippen LogP contribution >= 0.6 is 22.6 Å². The predicted molar refractivity (Wildman–Crippen MR) is 61.5 cm³/mol. The standard InChI is InChI=1S/C9H16IN3/c1-2-3-4-5-6-7-13-8-11-9(10)12-13/h8H,2-7H2,1H3. The first-order valence-electron chi connectivity index (χ1n) is 4.88. The van der Waals surface area contributed by atoms with Gasteiger partial charge in [-0.3, -0.25) is 4.68 Å². The molecule has 3 nitrogen and oxygen atoms in total. The van der Waals surface area contributed by atoms with E-state index in [2.05, 4.69) is 39.6 Å². The van der Waals surface area contributed by atoms with E-state index in [1.165, 1.54) is 32.1 Å². The first-order chi connectivity index (χ1) is 6.33. The summed E-state index contributed by atoms with van der Waals surface area (Å²) in [5, 5.41) is 4.22. The van der Waals surface area contributed by atoms with Gasteiger partial charge in [-0.2, -0.15) is 0 Å². The third-order valence-electron chi connectivity index (χ3n) is 2.00. The number of hydrogen-bond acceptors (Lipinski definition) is 2. The fourth-order valence-corrected chi connectivity index (χ4v) is 1.66. The molecule has 4 heteroatoms. The van der Waals surface area contributed by atoms with Gasteiger partial charge in [-0.1, -0.05) is 32.6 Å². The molecular weight excluding hydrogens is 277 g/mol. The Morgan fingerprint density at radius 3 is 2.69 bits per heavy atom. The molecule has 0 spiro atoms. The van der Waals surface area contributed by atoms with Crippen molar-refractivity contribution in [3.05, 3.63) is 10.2 Å². The van der Waals surface area contributed by atoms with Crippen molar-refractivity contribution in [2.75, 3.05) is 0 Å². The first-order valence-corrected chi connectivity index (χ1v) is 5.95. The minimum Gasteiger partial charge on any atom is -0.252 e. The van der Waals surface area contributed by atoms with Crippen molar-refractivity contribution >= 4 is 22.6 Å². The van der Waals surface area contributed by atoms with Gasteiger partial charge in [0.1, 0.15) is 6.33 Å². The van der Waals surface area contributed by atoms with Crippen LogP contribution in [0.5, 0.6) is 0 Å². The molecule has 1 aromatic rings. The van der Waals surface area contributed by atoms with Crippen LogP contribution in [0.3, 0.4) is 0 Å². The van der Waals surface area contributed by atoms with Crippen LogP contribution in [0, 0.1) is 3.83 Å². The number of halogens is 1. The lowest BCUT2D eigenvalue weighted by molar-refractivity contribution is 0.531. The van der Waals surface area contributed by atoms with Gasteiger partial charge >= 0.3 is 0 Å². The molecule has 1 rings (SSSR count). The van der Waals surface area contributed by atoms with E-state index in [0.717, 1.165) is 10.4 Å². The van der Waals surface area contributed by atoms with Crippen LogP contribution in [0.2, 0.25) is 0 Å². The maximum absolute atomic E-state index is 4.22. The average molecular weight is 293 g/mol. The number of aromatic nitrogens is 3. The zero-order chi connectivity index (χ0) is 9.52. The Morgan fingerprint density at radius 1 is 1.31 bits per heavy atom. The van der Waals surface area contributed by atoms with Crippen molar-refractivity contribution in [3.63, 3.8) is 0 Å². The largest absolute Gasteiger partial charge is 0.252 e. The normalized spacial score (nSPS) is 10.6. The SMILES string of the molecule is CCCCCCCn1cnc(I)n1. The molecule has 0 aromatic carbocycles. The quantitative estimate of drug-likeness (QED) is 0.596. The molecule has 0 N–H and O–H groups in total. The summed E-state index contributed by atoms with van der Waals surface area (Å²) in [4.78, 5) is 4.07. The Kier molecular flexibility index (Phi) is 5.34. The van der Waals surface area contributed by atoms with Gasteiger partial charge in [0, 0.05) is 29.1 Å². The minimum absolute atomic E-state index is 0.839. The fraction of sp³-hybridized carbons (Fsp3) is 0.778. The lowest BCUT2D eigenvalue weighted by atomic mass is 10.1. The number of rotatable bonds is 6. The van der Waals surface area contributed by atoms with Crippen molar-refractivity contribution in [1.29, 1.82) is 0 Å². The molecule has 0 saturated heterocycles. The summed E-state index contributed by atoms with van der Waals surface area (Å²) in [6, 6.07) is 0. The van der Waals surface area contributed by atoms with Crippen LogP contribution in [0.1, 0.15) is 39.0 Å². The van der Waals surface area contributed by atoms with E-state index in [1.807, 2.05) is 11.0 Å². The van der Waals surface area contributed by atoms with Gasteiger partial charge in [0.15, 0.2) is 0 Å². The molecule has 1 aromatic heterocycles. The Hall–Kier alpha value is -0.130. The van der Waals surface area contributed by atoms with Gasteiger partial charge in [-0.25, -0.2) is 4.98 Å². The second-order valence-electron chi connectivity index (χ2n) is 3.19. The molecule has 1 heterocycles. The highest BCUT2D eigenvalue weighted by molar-refractivity contribution is 14.1. The van der Waals surface area contributed by atoms with Crippen LogP contribution in [0.25, 0.3) is 0 Å².